The van der Waals surface area contributed by atoms with E-state index in [1.165, 1.54) is 4.90 Å². The molecule has 1 atom stereocenters. The molecule has 0 radical (unpaired) electrons. The number of aliphatic hydroxyl groups excluding tert-OH is 2. The number of hydrogen-bond donors (Lipinski definition) is 2. The molecule has 4 heteroatoms. The number of amides is 1. The Morgan fingerprint density at radius 2 is 2.10 bits per heavy atom. The second-order valence-corrected chi connectivity index (χ2v) is 2.33. The van der Waals surface area contributed by atoms with Gasteiger partial charge < -0.3 is 15.1 Å². The largest absolute Gasteiger partial charge is 0.394 e. The Balaban J connectivity index is 3.57. The normalized spacial score (nSPS) is 12.8. The van der Waals surface area contributed by atoms with Gasteiger partial charge in [0.05, 0.1) is 19.1 Å². The van der Waals surface area contributed by atoms with Crippen LogP contribution in [0.1, 0.15) is 6.42 Å². The van der Waals surface area contributed by atoms with E-state index in [-0.39, 0.29) is 18.9 Å². The second-order valence-electron chi connectivity index (χ2n) is 2.33. The fraction of sp³-hybridized carbons (Fsp3) is 0.833. The molecule has 2 N–H and O–H groups in total. The zero-order chi connectivity index (χ0) is 8.15. The maximum atomic E-state index is 10.8. The van der Waals surface area contributed by atoms with E-state index in [0.717, 1.165) is 0 Å². The van der Waals surface area contributed by atoms with E-state index in [1.807, 2.05) is 0 Å². The lowest BCUT2D eigenvalue weighted by Crippen LogP contribution is -2.27. The van der Waals surface area contributed by atoms with Gasteiger partial charge in [-0.2, -0.15) is 0 Å². The summed E-state index contributed by atoms with van der Waals surface area (Å²) in [4.78, 5) is 12.1. The quantitative estimate of drug-likeness (QED) is 0.528. The number of hydrogen-bond acceptors (Lipinski definition) is 3. The minimum Gasteiger partial charge on any atom is -0.394 e. The third-order valence-electron chi connectivity index (χ3n) is 1.12. The van der Waals surface area contributed by atoms with E-state index in [4.69, 9.17) is 10.2 Å². The molecule has 0 spiro atoms. The van der Waals surface area contributed by atoms with Gasteiger partial charge in [0.1, 0.15) is 0 Å². The Morgan fingerprint density at radius 3 is 2.40 bits per heavy atom. The molecule has 0 aromatic heterocycles. The molecule has 0 bridgehead atoms. The summed E-state index contributed by atoms with van der Waals surface area (Å²) in [6.45, 7) is -0.362. The third kappa shape index (κ3) is 3.42. The molecule has 0 aliphatic rings. The van der Waals surface area contributed by atoms with E-state index >= 15 is 0 Å². The predicted molar refractivity (Wildman–Crippen MR) is 36.4 cm³/mol. The van der Waals surface area contributed by atoms with Crippen molar-refractivity contribution in [3.05, 3.63) is 0 Å². The average Bonchev–Trinajstić information content (AvgIpc) is 1.87. The minimum absolute atomic E-state index is 0.0104. The first-order chi connectivity index (χ1) is 4.57. The van der Waals surface area contributed by atoms with Crippen LogP contribution in [-0.4, -0.2) is 47.8 Å². The highest BCUT2D eigenvalue weighted by Crippen LogP contribution is 1.92. The molecule has 10 heavy (non-hydrogen) atoms. The van der Waals surface area contributed by atoms with Gasteiger partial charge in [-0.05, 0) is 0 Å². The number of aliphatic hydroxyl groups is 2. The molecule has 0 saturated carbocycles. The van der Waals surface area contributed by atoms with Crippen molar-refractivity contribution in [3.63, 3.8) is 0 Å². The van der Waals surface area contributed by atoms with Crippen molar-refractivity contribution in [1.29, 1.82) is 0 Å². The van der Waals surface area contributed by atoms with Gasteiger partial charge in [-0.3, -0.25) is 4.79 Å². The van der Waals surface area contributed by atoms with Crippen molar-refractivity contribution in [2.75, 3.05) is 20.7 Å². The van der Waals surface area contributed by atoms with Gasteiger partial charge >= 0.3 is 0 Å². The van der Waals surface area contributed by atoms with Crippen molar-refractivity contribution in [1.82, 2.24) is 4.90 Å². The number of rotatable bonds is 3. The van der Waals surface area contributed by atoms with Crippen LogP contribution in [0.3, 0.4) is 0 Å². The summed E-state index contributed by atoms with van der Waals surface area (Å²) in [5.41, 5.74) is 0. The zero-order valence-electron chi connectivity index (χ0n) is 6.24. The maximum Gasteiger partial charge on any atom is 0.224 e. The van der Waals surface area contributed by atoms with Crippen molar-refractivity contribution >= 4 is 5.91 Å². The van der Waals surface area contributed by atoms with E-state index in [9.17, 15) is 4.79 Å². The fourth-order valence-electron chi connectivity index (χ4n) is 0.449. The van der Waals surface area contributed by atoms with Crippen LogP contribution in [0, 0.1) is 0 Å². The summed E-state index contributed by atoms with van der Waals surface area (Å²) >= 11 is 0. The monoisotopic (exact) mass is 147 g/mol. The predicted octanol–water partition coefficient (Wildman–Crippen LogP) is -1.18. The van der Waals surface area contributed by atoms with Crippen LogP contribution in [-0.2, 0) is 4.79 Å². The highest BCUT2D eigenvalue weighted by molar-refractivity contribution is 5.75. The van der Waals surface area contributed by atoms with Gasteiger partial charge in [0.15, 0.2) is 0 Å². The van der Waals surface area contributed by atoms with Gasteiger partial charge in [0.2, 0.25) is 5.91 Å². The van der Waals surface area contributed by atoms with Crippen LogP contribution >= 0.6 is 0 Å². The number of carbonyl (C=O) groups excluding carboxylic acids is 1. The molecular formula is C6H13NO3. The molecule has 0 rings (SSSR count). The van der Waals surface area contributed by atoms with E-state index in [1.54, 1.807) is 14.1 Å². The summed E-state index contributed by atoms with van der Waals surface area (Å²) in [6.07, 6.45) is -0.932. The number of nitrogens with zero attached hydrogens (tertiary/aromatic N) is 1. The van der Waals surface area contributed by atoms with Crippen molar-refractivity contribution < 1.29 is 15.0 Å². The molecule has 0 aromatic carbocycles. The average molecular weight is 147 g/mol. The maximum absolute atomic E-state index is 10.8. The number of carbonyl (C=O) groups is 1. The van der Waals surface area contributed by atoms with Gasteiger partial charge in [0, 0.05) is 14.1 Å². The van der Waals surface area contributed by atoms with Crippen LogP contribution in [0.15, 0.2) is 0 Å². The van der Waals surface area contributed by atoms with Crippen LogP contribution < -0.4 is 0 Å². The summed E-state index contributed by atoms with van der Waals surface area (Å²) in [5, 5.41) is 17.1. The zero-order valence-corrected chi connectivity index (χ0v) is 6.24. The molecule has 0 heterocycles. The molecule has 0 aliphatic carbocycles. The van der Waals surface area contributed by atoms with Gasteiger partial charge in [-0.25, -0.2) is 0 Å². The van der Waals surface area contributed by atoms with Crippen LogP contribution in [0.2, 0.25) is 0 Å². The van der Waals surface area contributed by atoms with Gasteiger partial charge in [-0.1, -0.05) is 0 Å². The Kier molecular flexibility index (Phi) is 3.99. The van der Waals surface area contributed by atoms with Gasteiger partial charge in [-0.15, -0.1) is 0 Å². The Labute approximate surface area is 60.1 Å². The molecule has 0 fully saturated rings. The first-order valence-electron chi connectivity index (χ1n) is 3.07. The second kappa shape index (κ2) is 4.24. The minimum atomic E-state index is -0.921. The van der Waals surface area contributed by atoms with Crippen LogP contribution in [0.25, 0.3) is 0 Å². The van der Waals surface area contributed by atoms with Crippen LogP contribution in [0.4, 0.5) is 0 Å². The van der Waals surface area contributed by atoms with E-state index < -0.39 is 6.10 Å². The summed E-state index contributed by atoms with van der Waals surface area (Å²) in [7, 11) is 3.21. The Morgan fingerprint density at radius 1 is 1.60 bits per heavy atom. The third-order valence-corrected chi connectivity index (χ3v) is 1.12. The molecule has 0 aliphatic heterocycles. The Hall–Kier alpha value is -0.610. The summed E-state index contributed by atoms with van der Waals surface area (Å²) in [5.74, 6) is -0.179. The highest BCUT2D eigenvalue weighted by Gasteiger charge is 2.10. The fourth-order valence-corrected chi connectivity index (χ4v) is 0.449. The lowest BCUT2D eigenvalue weighted by molar-refractivity contribution is -0.131. The molecule has 60 valence electrons. The van der Waals surface area contributed by atoms with E-state index in [2.05, 4.69) is 0 Å². The molecular weight excluding hydrogens is 134 g/mol. The molecule has 1 unspecified atom stereocenters. The standard InChI is InChI=1S/C6H13NO3/c1-7(2)6(10)3-5(9)4-8/h5,8-9H,3-4H2,1-2H3. The van der Waals surface area contributed by atoms with Crippen molar-refractivity contribution in [2.45, 2.75) is 12.5 Å². The highest BCUT2D eigenvalue weighted by atomic mass is 16.3. The topological polar surface area (TPSA) is 60.8 Å². The lowest BCUT2D eigenvalue weighted by atomic mass is 10.2. The summed E-state index contributed by atoms with van der Waals surface area (Å²) < 4.78 is 0. The molecule has 1 amide bonds. The first kappa shape index (κ1) is 9.39. The lowest BCUT2D eigenvalue weighted by Gasteiger charge is -2.11. The molecule has 4 nitrogen and oxygen atoms in total. The molecule has 0 saturated heterocycles. The smallest absolute Gasteiger partial charge is 0.224 e. The SMILES string of the molecule is CN(C)C(=O)CC(O)CO. The molecule has 0 aromatic rings. The van der Waals surface area contributed by atoms with Crippen LogP contribution in [0.5, 0.6) is 0 Å². The van der Waals surface area contributed by atoms with Crippen molar-refractivity contribution in [3.8, 4) is 0 Å². The van der Waals surface area contributed by atoms with E-state index in [0.29, 0.717) is 0 Å². The summed E-state index contributed by atoms with van der Waals surface area (Å²) in [6, 6.07) is 0. The first-order valence-corrected chi connectivity index (χ1v) is 3.07. The van der Waals surface area contributed by atoms with Gasteiger partial charge in [0.25, 0.3) is 0 Å². The van der Waals surface area contributed by atoms with Crippen molar-refractivity contribution in [2.24, 2.45) is 0 Å². The Bertz CT molecular complexity index is 114.